The molecule has 1 N–H and O–H groups in total. The molecule has 1 aliphatic heterocycles. The molecule has 0 aliphatic carbocycles. The minimum absolute atomic E-state index is 0.195. The number of halogens is 1. The van der Waals surface area contributed by atoms with Crippen molar-refractivity contribution in [3.05, 3.63) is 35.4 Å². The van der Waals surface area contributed by atoms with Crippen molar-refractivity contribution >= 4 is 17.5 Å². The van der Waals surface area contributed by atoms with Gasteiger partial charge in [-0.3, -0.25) is 4.79 Å². The summed E-state index contributed by atoms with van der Waals surface area (Å²) in [5, 5.41) is 11.8. The van der Waals surface area contributed by atoms with E-state index in [1.54, 1.807) is 24.3 Å². The summed E-state index contributed by atoms with van der Waals surface area (Å²) in [6.45, 7) is 1.20. The minimum Gasteiger partial charge on any atom is -0.381 e. The summed E-state index contributed by atoms with van der Waals surface area (Å²) in [6, 6.07) is 8.66. The molecule has 1 aromatic carbocycles. The van der Waals surface area contributed by atoms with E-state index in [4.69, 9.17) is 21.6 Å². The number of amides is 1. The van der Waals surface area contributed by atoms with Gasteiger partial charge in [0.2, 0.25) is 0 Å². The van der Waals surface area contributed by atoms with Gasteiger partial charge in [-0.25, -0.2) is 0 Å². The molecule has 0 spiro atoms. The van der Waals surface area contributed by atoms with Gasteiger partial charge < -0.3 is 10.1 Å². The average Bonchev–Trinajstić information content (AvgIpc) is 2.48. The van der Waals surface area contributed by atoms with E-state index in [-0.39, 0.29) is 5.91 Å². The van der Waals surface area contributed by atoms with Gasteiger partial charge in [0.25, 0.3) is 5.91 Å². The lowest BCUT2D eigenvalue weighted by atomic mass is 9.91. The Labute approximate surface area is 117 Å². The Morgan fingerprint density at radius 1 is 1.47 bits per heavy atom. The van der Waals surface area contributed by atoms with Crippen LogP contribution < -0.4 is 5.32 Å². The molecule has 0 unspecified atom stereocenters. The van der Waals surface area contributed by atoms with Gasteiger partial charge >= 0.3 is 0 Å². The molecule has 1 heterocycles. The maximum absolute atomic E-state index is 12.2. The maximum atomic E-state index is 12.2. The standard InChI is InChI=1S/C14H15ClN2O2/c15-10-14(4-6-19-7-5-14)17-13(18)12-3-1-2-11(8-12)9-16/h1-3,8H,4-7,10H2,(H,17,18). The van der Waals surface area contributed by atoms with Crippen LogP contribution in [0.15, 0.2) is 24.3 Å². The lowest BCUT2D eigenvalue weighted by Gasteiger charge is -2.36. The van der Waals surface area contributed by atoms with Gasteiger partial charge in [0.05, 0.1) is 17.2 Å². The SMILES string of the molecule is N#Cc1cccc(C(=O)NC2(CCl)CCOCC2)c1. The first-order valence-corrected chi connectivity index (χ1v) is 6.69. The summed E-state index contributed by atoms with van der Waals surface area (Å²) in [5.41, 5.74) is 0.550. The van der Waals surface area contributed by atoms with Gasteiger partial charge in [-0.1, -0.05) is 6.07 Å². The van der Waals surface area contributed by atoms with Gasteiger partial charge in [0.1, 0.15) is 0 Å². The molecule has 1 amide bonds. The van der Waals surface area contributed by atoms with Crippen molar-refractivity contribution in [2.45, 2.75) is 18.4 Å². The van der Waals surface area contributed by atoms with E-state index in [9.17, 15) is 4.79 Å². The second kappa shape index (κ2) is 6.05. The van der Waals surface area contributed by atoms with Crippen LogP contribution >= 0.6 is 11.6 Å². The molecular weight excluding hydrogens is 264 g/mol. The Morgan fingerprint density at radius 2 is 2.21 bits per heavy atom. The first kappa shape index (κ1) is 13.9. The summed E-state index contributed by atoms with van der Waals surface area (Å²) in [5.74, 6) is 0.166. The molecular formula is C14H15ClN2O2. The fraction of sp³-hybridized carbons (Fsp3) is 0.429. The highest BCUT2D eigenvalue weighted by Gasteiger charge is 2.33. The highest BCUT2D eigenvalue weighted by atomic mass is 35.5. The molecule has 0 atom stereocenters. The van der Waals surface area contributed by atoms with Crippen molar-refractivity contribution in [2.75, 3.05) is 19.1 Å². The van der Waals surface area contributed by atoms with Crippen molar-refractivity contribution in [1.82, 2.24) is 5.32 Å². The van der Waals surface area contributed by atoms with Crippen LogP contribution in [0.25, 0.3) is 0 Å². The molecule has 5 heteroatoms. The Hall–Kier alpha value is -1.57. The third-order valence-corrected chi connectivity index (χ3v) is 3.85. The van der Waals surface area contributed by atoms with Crippen LogP contribution in [0.1, 0.15) is 28.8 Å². The predicted molar refractivity (Wildman–Crippen MR) is 72.1 cm³/mol. The summed E-state index contributed by atoms with van der Waals surface area (Å²) in [4.78, 5) is 12.2. The maximum Gasteiger partial charge on any atom is 0.251 e. The molecule has 19 heavy (non-hydrogen) atoms. The third kappa shape index (κ3) is 3.25. The van der Waals surface area contributed by atoms with E-state index in [1.165, 1.54) is 0 Å². The number of hydrogen-bond donors (Lipinski definition) is 1. The topological polar surface area (TPSA) is 62.1 Å². The van der Waals surface area contributed by atoms with Gasteiger partial charge in [-0.05, 0) is 31.0 Å². The number of benzene rings is 1. The Morgan fingerprint density at radius 3 is 2.84 bits per heavy atom. The fourth-order valence-electron chi connectivity index (χ4n) is 2.10. The zero-order valence-corrected chi connectivity index (χ0v) is 11.2. The zero-order chi connectivity index (χ0) is 13.7. The van der Waals surface area contributed by atoms with E-state index < -0.39 is 5.54 Å². The number of rotatable bonds is 3. The van der Waals surface area contributed by atoms with Crippen molar-refractivity contribution in [2.24, 2.45) is 0 Å². The second-order valence-corrected chi connectivity index (χ2v) is 4.94. The number of nitriles is 1. The predicted octanol–water partition coefficient (Wildman–Crippen LogP) is 2.08. The van der Waals surface area contributed by atoms with Crippen LogP contribution in [0.5, 0.6) is 0 Å². The smallest absolute Gasteiger partial charge is 0.251 e. The van der Waals surface area contributed by atoms with E-state index in [0.29, 0.717) is 43.1 Å². The van der Waals surface area contributed by atoms with Gasteiger partial charge in [-0.2, -0.15) is 5.26 Å². The van der Waals surface area contributed by atoms with Gasteiger partial charge in [0.15, 0.2) is 0 Å². The van der Waals surface area contributed by atoms with Crippen molar-refractivity contribution in [3.63, 3.8) is 0 Å². The number of ether oxygens (including phenoxy) is 1. The van der Waals surface area contributed by atoms with Crippen molar-refractivity contribution in [1.29, 1.82) is 5.26 Å². The van der Waals surface area contributed by atoms with Crippen molar-refractivity contribution < 1.29 is 9.53 Å². The third-order valence-electron chi connectivity index (χ3n) is 3.34. The molecule has 1 aromatic rings. The quantitative estimate of drug-likeness (QED) is 0.861. The number of nitrogens with one attached hydrogen (secondary N) is 1. The average molecular weight is 279 g/mol. The molecule has 1 fully saturated rings. The number of nitrogens with zero attached hydrogens (tertiary/aromatic N) is 1. The van der Waals surface area contributed by atoms with Gasteiger partial charge in [0, 0.05) is 24.7 Å². The van der Waals surface area contributed by atoms with Crippen LogP contribution in [0.2, 0.25) is 0 Å². The molecule has 0 radical (unpaired) electrons. The normalized spacial score (nSPS) is 17.5. The Balaban J connectivity index is 2.13. The molecule has 1 saturated heterocycles. The molecule has 100 valence electrons. The zero-order valence-electron chi connectivity index (χ0n) is 10.5. The monoisotopic (exact) mass is 278 g/mol. The molecule has 2 rings (SSSR count). The summed E-state index contributed by atoms with van der Waals surface area (Å²) < 4.78 is 5.30. The summed E-state index contributed by atoms with van der Waals surface area (Å²) in [7, 11) is 0. The second-order valence-electron chi connectivity index (χ2n) is 4.67. The molecule has 0 saturated carbocycles. The number of hydrogen-bond acceptors (Lipinski definition) is 3. The molecule has 0 aromatic heterocycles. The van der Waals surface area contributed by atoms with Crippen molar-refractivity contribution in [3.8, 4) is 6.07 Å². The van der Waals surface area contributed by atoms with Crippen LogP contribution in [0, 0.1) is 11.3 Å². The highest BCUT2D eigenvalue weighted by Crippen LogP contribution is 2.23. The van der Waals surface area contributed by atoms with E-state index >= 15 is 0 Å². The lowest BCUT2D eigenvalue weighted by Crippen LogP contribution is -2.53. The van der Waals surface area contributed by atoms with Crippen LogP contribution in [0.4, 0.5) is 0 Å². The summed E-state index contributed by atoms with van der Waals surface area (Å²) >= 11 is 6.00. The Kier molecular flexibility index (Phi) is 4.41. The van der Waals surface area contributed by atoms with E-state index in [0.717, 1.165) is 0 Å². The fourth-order valence-corrected chi connectivity index (χ4v) is 2.43. The van der Waals surface area contributed by atoms with Crippen LogP contribution in [-0.4, -0.2) is 30.5 Å². The number of alkyl halides is 1. The van der Waals surface area contributed by atoms with E-state index in [2.05, 4.69) is 5.32 Å². The lowest BCUT2D eigenvalue weighted by molar-refractivity contribution is 0.0434. The summed E-state index contributed by atoms with van der Waals surface area (Å²) in [6.07, 6.45) is 1.42. The largest absolute Gasteiger partial charge is 0.381 e. The molecule has 1 aliphatic rings. The highest BCUT2D eigenvalue weighted by molar-refractivity contribution is 6.19. The van der Waals surface area contributed by atoms with E-state index in [1.807, 2.05) is 6.07 Å². The van der Waals surface area contributed by atoms with Crippen LogP contribution in [-0.2, 0) is 4.74 Å². The minimum atomic E-state index is -0.403. The molecule has 4 nitrogen and oxygen atoms in total. The first-order valence-electron chi connectivity index (χ1n) is 6.15. The van der Waals surface area contributed by atoms with Gasteiger partial charge in [-0.15, -0.1) is 11.6 Å². The first-order chi connectivity index (χ1) is 9.19. The molecule has 0 bridgehead atoms. The number of carbonyl (C=O) groups is 1. The van der Waals surface area contributed by atoms with Crippen LogP contribution in [0.3, 0.4) is 0 Å². The Bertz CT molecular complexity index is 504. The number of carbonyl (C=O) groups excluding carboxylic acids is 1.